The van der Waals surface area contributed by atoms with Crippen molar-refractivity contribution in [1.82, 2.24) is 16.0 Å². The number of nitrogens with one attached hydrogen (secondary N) is 3. The van der Waals surface area contributed by atoms with E-state index in [1.807, 2.05) is 30.3 Å². The fraction of sp³-hybridized carbons (Fsp3) is 0.300. The summed E-state index contributed by atoms with van der Waals surface area (Å²) in [5.74, 6) is -0.0355. The number of halogens is 3. The van der Waals surface area contributed by atoms with Crippen molar-refractivity contribution in [2.45, 2.75) is 25.9 Å². The summed E-state index contributed by atoms with van der Waals surface area (Å²) in [5.41, 5.74) is 1.33. The average Bonchev–Trinajstić information content (AvgIpc) is 2.69. The van der Waals surface area contributed by atoms with Crippen LogP contribution >= 0.6 is 0 Å². The van der Waals surface area contributed by atoms with E-state index in [1.54, 1.807) is 6.07 Å². The van der Waals surface area contributed by atoms with Gasteiger partial charge < -0.3 is 20.7 Å². The molecule has 0 spiro atoms. The number of rotatable bonds is 8. The zero-order valence-corrected chi connectivity index (χ0v) is 15.9. The highest BCUT2D eigenvalue weighted by Gasteiger charge is 2.31. The summed E-state index contributed by atoms with van der Waals surface area (Å²) < 4.78 is 41.5. The van der Waals surface area contributed by atoms with E-state index in [0.717, 1.165) is 5.56 Å². The molecule has 29 heavy (non-hydrogen) atoms. The Balaban J connectivity index is 1.75. The van der Waals surface area contributed by atoms with Gasteiger partial charge in [-0.3, -0.25) is 9.79 Å². The molecule has 156 valence electrons. The van der Waals surface area contributed by atoms with E-state index in [-0.39, 0.29) is 24.6 Å². The standard InChI is InChI=1S/C20H23F3N4O2/c1-24-19(25-12-11-18(28)26-13-15-7-3-2-4-8-15)27-14-16-9-5-6-10-17(16)29-20(21,22)23/h2-10H,11-14H2,1H3,(H,26,28)(H2,24,25,27). The fourth-order valence-corrected chi connectivity index (χ4v) is 2.45. The molecular formula is C20H23F3N4O2. The quantitative estimate of drug-likeness (QED) is 0.464. The molecule has 0 saturated heterocycles. The second-order valence-corrected chi connectivity index (χ2v) is 6.02. The first kappa shape index (κ1) is 22.1. The van der Waals surface area contributed by atoms with E-state index < -0.39 is 6.36 Å². The molecule has 0 bridgehead atoms. The first-order valence-corrected chi connectivity index (χ1v) is 8.96. The number of alkyl halides is 3. The van der Waals surface area contributed by atoms with Gasteiger partial charge in [0.25, 0.3) is 0 Å². The minimum atomic E-state index is -4.76. The van der Waals surface area contributed by atoms with E-state index in [4.69, 9.17) is 0 Å². The van der Waals surface area contributed by atoms with Crippen molar-refractivity contribution < 1.29 is 22.7 Å². The Labute approximate surface area is 167 Å². The SMILES string of the molecule is CN=C(NCCC(=O)NCc1ccccc1)NCc1ccccc1OC(F)(F)F. The van der Waals surface area contributed by atoms with Gasteiger partial charge in [0.1, 0.15) is 5.75 Å². The van der Waals surface area contributed by atoms with Crippen LogP contribution in [0.5, 0.6) is 5.75 Å². The van der Waals surface area contributed by atoms with E-state index >= 15 is 0 Å². The Kier molecular flexibility index (Phi) is 8.32. The Morgan fingerprint density at radius 1 is 0.966 bits per heavy atom. The number of para-hydroxylation sites is 1. The number of guanidine groups is 1. The van der Waals surface area contributed by atoms with Gasteiger partial charge in [0.15, 0.2) is 5.96 Å². The van der Waals surface area contributed by atoms with Crippen molar-refractivity contribution in [3.63, 3.8) is 0 Å². The smallest absolute Gasteiger partial charge is 0.405 e. The van der Waals surface area contributed by atoms with E-state index in [1.165, 1.54) is 25.2 Å². The zero-order valence-electron chi connectivity index (χ0n) is 15.9. The van der Waals surface area contributed by atoms with Crippen molar-refractivity contribution in [2.75, 3.05) is 13.6 Å². The van der Waals surface area contributed by atoms with Crippen molar-refractivity contribution in [3.05, 3.63) is 65.7 Å². The monoisotopic (exact) mass is 408 g/mol. The number of aliphatic imine (C=N–C) groups is 1. The summed E-state index contributed by atoms with van der Waals surface area (Å²) in [6, 6.07) is 15.4. The highest BCUT2D eigenvalue weighted by atomic mass is 19.4. The van der Waals surface area contributed by atoms with Gasteiger partial charge in [0, 0.05) is 38.7 Å². The normalized spacial score (nSPS) is 11.7. The molecule has 0 atom stereocenters. The lowest BCUT2D eigenvalue weighted by molar-refractivity contribution is -0.274. The third-order valence-corrected chi connectivity index (χ3v) is 3.85. The highest BCUT2D eigenvalue weighted by molar-refractivity contribution is 5.81. The van der Waals surface area contributed by atoms with Crippen LogP contribution in [0.15, 0.2) is 59.6 Å². The third-order valence-electron chi connectivity index (χ3n) is 3.85. The maximum atomic E-state index is 12.5. The molecule has 0 aliphatic heterocycles. The number of hydrogen-bond donors (Lipinski definition) is 3. The molecule has 2 aromatic rings. The van der Waals surface area contributed by atoms with Gasteiger partial charge in [0.05, 0.1) is 0 Å². The third kappa shape index (κ3) is 8.54. The van der Waals surface area contributed by atoms with Crippen LogP contribution in [0.2, 0.25) is 0 Å². The molecule has 0 heterocycles. The predicted molar refractivity (Wildman–Crippen MR) is 104 cm³/mol. The summed E-state index contributed by atoms with van der Waals surface area (Å²) in [5, 5.41) is 8.67. The Morgan fingerprint density at radius 3 is 2.34 bits per heavy atom. The molecule has 0 aliphatic rings. The number of nitrogens with zero attached hydrogens (tertiary/aromatic N) is 1. The first-order valence-electron chi connectivity index (χ1n) is 8.96. The summed E-state index contributed by atoms with van der Waals surface area (Å²) in [6.45, 7) is 0.843. The van der Waals surface area contributed by atoms with Crippen LogP contribution in [0.1, 0.15) is 17.5 Å². The molecule has 3 N–H and O–H groups in total. The van der Waals surface area contributed by atoms with Crippen LogP contribution in [0, 0.1) is 0 Å². The van der Waals surface area contributed by atoms with Gasteiger partial charge >= 0.3 is 6.36 Å². The average molecular weight is 408 g/mol. The van der Waals surface area contributed by atoms with Crippen molar-refractivity contribution in [1.29, 1.82) is 0 Å². The Hall–Kier alpha value is -3.23. The molecule has 0 saturated carbocycles. The van der Waals surface area contributed by atoms with Crippen LogP contribution in [0.3, 0.4) is 0 Å². The van der Waals surface area contributed by atoms with Crippen LogP contribution in [0.4, 0.5) is 13.2 Å². The van der Waals surface area contributed by atoms with Gasteiger partial charge in [-0.15, -0.1) is 13.2 Å². The van der Waals surface area contributed by atoms with Gasteiger partial charge in [0.2, 0.25) is 5.91 Å². The fourth-order valence-electron chi connectivity index (χ4n) is 2.45. The Bertz CT molecular complexity index is 811. The summed E-state index contributed by atoms with van der Waals surface area (Å²) in [7, 11) is 1.53. The topological polar surface area (TPSA) is 74.8 Å². The van der Waals surface area contributed by atoms with Crippen LogP contribution < -0.4 is 20.7 Å². The molecule has 2 rings (SSSR count). The molecule has 2 aromatic carbocycles. The van der Waals surface area contributed by atoms with Crippen LogP contribution in [-0.2, 0) is 17.9 Å². The molecule has 0 unspecified atom stereocenters. The number of carbonyl (C=O) groups excluding carboxylic acids is 1. The largest absolute Gasteiger partial charge is 0.573 e. The van der Waals surface area contributed by atoms with Gasteiger partial charge in [-0.2, -0.15) is 0 Å². The molecule has 0 aliphatic carbocycles. The predicted octanol–water partition coefficient (Wildman–Crippen LogP) is 2.96. The van der Waals surface area contributed by atoms with Gasteiger partial charge in [-0.25, -0.2) is 0 Å². The number of carbonyl (C=O) groups is 1. The van der Waals surface area contributed by atoms with Crippen molar-refractivity contribution in [2.24, 2.45) is 4.99 Å². The van der Waals surface area contributed by atoms with Gasteiger partial charge in [-0.1, -0.05) is 48.5 Å². The molecule has 6 nitrogen and oxygen atoms in total. The first-order chi connectivity index (χ1) is 13.9. The maximum Gasteiger partial charge on any atom is 0.573 e. The lowest BCUT2D eigenvalue weighted by Crippen LogP contribution is -2.39. The highest BCUT2D eigenvalue weighted by Crippen LogP contribution is 2.25. The van der Waals surface area contributed by atoms with Crippen molar-refractivity contribution in [3.8, 4) is 5.75 Å². The van der Waals surface area contributed by atoms with Crippen molar-refractivity contribution >= 4 is 11.9 Å². The second kappa shape index (κ2) is 10.9. The number of ether oxygens (including phenoxy) is 1. The molecular weight excluding hydrogens is 385 g/mol. The van der Waals surface area contributed by atoms with Crippen LogP contribution in [-0.4, -0.2) is 31.8 Å². The number of benzene rings is 2. The molecule has 0 radical (unpaired) electrons. The zero-order chi connectivity index (χ0) is 21.1. The van der Waals surface area contributed by atoms with Crippen LogP contribution in [0.25, 0.3) is 0 Å². The molecule has 1 amide bonds. The van der Waals surface area contributed by atoms with E-state index in [2.05, 4.69) is 25.7 Å². The lowest BCUT2D eigenvalue weighted by atomic mass is 10.2. The summed E-state index contributed by atoms with van der Waals surface area (Å²) in [4.78, 5) is 15.9. The van der Waals surface area contributed by atoms with Gasteiger partial charge in [-0.05, 0) is 11.6 Å². The lowest BCUT2D eigenvalue weighted by Gasteiger charge is -2.15. The molecule has 9 heteroatoms. The minimum absolute atomic E-state index is 0.0755. The summed E-state index contributed by atoms with van der Waals surface area (Å²) >= 11 is 0. The summed E-state index contributed by atoms with van der Waals surface area (Å²) in [6.07, 6.45) is -4.54. The minimum Gasteiger partial charge on any atom is -0.405 e. The Morgan fingerprint density at radius 2 is 1.66 bits per heavy atom. The number of amides is 1. The number of hydrogen-bond acceptors (Lipinski definition) is 3. The molecule has 0 aromatic heterocycles. The van der Waals surface area contributed by atoms with E-state index in [0.29, 0.717) is 24.6 Å². The van der Waals surface area contributed by atoms with E-state index in [9.17, 15) is 18.0 Å². The maximum absolute atomic E-state index is 12.5. The second-order valence-electron chi connectivity index (χ2n) is 6.02. The molecule has 0 fully saturated rings.